The van der Waals surface area contributed by atoms with Crippen LogP contribution in [0.4, 0.5) is 5.69 Å². The Morgan fingerprint density at radius 1 is 0.793 bits per heavy atom. The molecule has 4 heteroatoms. The molecule has 1 spiro atoms. The van der Waals surface area contributed by atoms with Gasteiger partial charge in [0.2, 0.25) is 0 Å². The predicted octanol–water partition coefficient (Wildman–Crippen LogP) is 4.16. The highest BCUT2D eigenvalue weighted by Crippen LogP contribution is 2.43. The highest BCUT2D eigenvalue weighted by atomic mass is 16.5. The molecule has 0 saturated carbocycles. The monoisotopic (exact) mass is 381 g/mol. The summed E-state index contributed by atoms with van der Waals surface area (Å²) in [6.45, 7) is 0.296. The quantitative estimate of drug-likeness (QED) is 0.495. The van der Waals surface area contributed by atoms with Crippen molar-refractivity contribution in [3.05, 3.63) is 107 Å². The van der Waals surface area contributed by atoms with E-state index in [0.29, 0.717) is 24.3 Å². The van der Waals surface area contributed by atoms with Crippen molar-refractivity contribution >= 4 is 23.6 Å². The molecule has 5 rings (SSSR count). The van der Waals surface area contributed by atoms with Crippen molar-refractivity contribution in [3.8, 4) is 0 Å². The van der Waals surface area contributed by atoms with Crippen molar-refractivity contribution in [1.29, 1.82) is 0 Å². The zero-order chi connectivity index (χ0) is 19.8. The lowest BCUT2D eigenvalue weighted by Crippen LogP contribution is -2.47. The van der Waals surface area contributed by atoms with E-state index < -0.39 is 5.60 Å². The number of carbonyl (C=O) groups is 2. The summed E-state index contributed by atoms with van der Waals surface area (Å²) in [6.07, 6.45) is 2.13. The van der Waals surface area contributed by atoms with Gasteiger partial charge in [0.25, 0.3) is 11.8 Å². The maximum absolute atomic E-state index is 13.6. The molecule has 2 amide bonds. The summed E-state index contributed by atoms with van der Waals surface area (Å²) in [5.74, 6) is -0.658. The molecular weight excluding hydrogens is 362 g/mol. The largest absolute Gasteiger partial charge is 0.355 e. The van der Waals surface area contributed by atoms with E-state index in [0.717, 1.165) is 16.7 Å². The van der Waals surface area contributed by atoms with Gasteiger partial charge in [-0.15, -0.1) is 0 Å². The number of amides is 2. The van der Waals surface area contributed by atoms with Gasteiger partial charge in [-0.25, -0.2) is 4.90 Å². The first-order valence-corrected chi connectivity index (χ1v) is 9.61. The first-order valence-electron chi connectivity index (χ1n) is 9.61. The Bertz CT molecular complexity index is 1120. The molecule has 2 aliphatic heterocycles. The van der Waals surface area contributed by atoms with Crippen LogP contribution >= 0.6 is 0 Å². The lowest BCUT2D eigenvalue weighted by molar-refractivity contribution is -0.138. The number of rotatable bonds is 2. The summed E-state index contributed by atoms with van der Waals surface area (Å²) in [5, 5.41) is 0. The molecule has 3 aromatic carbocycles. The van der Waals surface area contributed by atoms with E-state index in [4.69, 9.17) is 4.74 Å². The van der Waals surface area contributed by atoms with Crippen molar-refractivity contribution in [2.45, 2.75) is 18.6 Å². The van der Waals surface area contributed by atoms with Gasteiger partial charge in [0.15, 0.2) is 5.60 Å². The second-order valence-electron chi connectivity index (χ2n) is 7.31. The molecule has 2 heterocycles. The molecule has 0 aliphatic carbocycles. The number of ether oxygens (including phenoxy) is 1. The van der Waals surface area contributed by atoms with Crippen LogP contribution in [0.2, 0.25) is 0 Å². The Morgan fingerprint density at radius 2 is 1.41 bits per heavy atom. The molecule has 1 unspecified atom stereocenters. The van der Waals surface area contributed by atoms with Crippen molar-refractivity contribution in [2.75, 3.05) is 4.90 Å². The number of carbonyl (C=O) groups excluding carboxylic acids is 2. The van der Waals surface area contributed by atoms with Gasteiger partial charge in [0.05, 0.1) is 17.9 Å². The summed E-state index contributed by atoms with van der Waals surface area (Å²) in [5.41, 5.74) is 2.58. The third-order valence-electron chi connectivity index (χ3n) is 5.57. The van der Waals surface area contributed by atoms with Gasteiger partial charge < -0.3 is 4.74 Å². The average Bonchev–Trinajstić information content (AvgIpc) is 2.96. The van der Waals surface area contributed by atoms with Gasteiger partial charge in [-0.3, -0.25) is 9.59 Å². The molecular formula is C25H19NO3. The smallest absolute Gasteiger partial charge is 0.271 e. The summed E-state index contributed by atoms with van der Waals surface area (Å²) in [4.78, 5) is 28.4. The van der Waals surface area contributed by atoms with Crippen LogP contribution in [0.3, 0.4) is 0 Å². The molecule has 2 aliphatic rings. The van der Waals surface area contributed by atoms with Gasteiger partial charge in [-0.05, 0) is 34.9 Å². The number of hydrogen-bond donors (Lipinski definition) is 0. The lowest BCUT2D eigenvalue weighted by atomic mass is 9.83. The second-order valence-corrected chi connectivity index (χ2v) is 7.31. The number of fused-ring (bicyclic) bond motifs is 1. The van der Waals surface area contributed by atoms with Crippen molar-refractivity contribution in [3.63, 3.8) is 0 Å². The number of para-hydroxylation sites is 1. The van der Waals surface area contributed by atoms with Gasteiger partial charge in [0, 0.05) is 6.42 Å². The summed E-state index contributed by atoms with van der Waals surface area (Å²) >= 11 is 0. The van der Waals surface area contributed by atoms with Crippen LogP contribution in [0.15, 0.2) is 90.5 Å². The maximum Gasteiger partial charge on any atom is 0.271 e. The van der Waals surface area contributed by atoms with E-state index in [2.05, 4.69) is 0 Å². The number of benzene rings is 3. The Morgan fingerprint density at radius 3 is 2.14 bits per heavy atom. The fourth-order valence-electron chi connectivity index (χ4n) is 4.09. The summed E-state index contributed by atoms with van der Waals surface area (Å²) in [7, 11) is 0. The van der Waals surface area contributed by atoms with E-state index in [-0.39, 0.29) is 11.8 Å². The van der Waals surface area contributed by atoms with E-state index >= 15 is 0 Å². The van der Waals surface area contributed by atoms with E-state index in [9.17, 15) is 9.59 Å². The SMILES string of the molecule is O=C1/C(=C\c2ccccc2)C2(Cc3ccccc3CO2)C(=O)N1c1ccccc1. The second kappa shape index (κ2) is 6.83. The first kappa shape index (κ1) is 17.6. The number of anilines is 1. The third kappa shape index (κ3) is 2.80. The van der Waals surface area contributed by atoms with Gasteiger partial charge in [-0.2, -0.15) is 0 Å². The molecule has 0 bridgehead atoms. The van der Waals surface area contributed by atoms with Crippen LogP contribution in [0.25, 0.3) is 6.08 Å². The van der Waals surface area contributed by atoms with Gasteiger partial charge in [0.1, 0.15) is 0 Å². The molecule has 0 N–H and O–H groups in total. The molecule has 1 saturated heterocycles. The van der Waals surface area contributed by atoms with Crippen molar-refractivity contribution in [2.24, 2.45) is 0 Å². The van der Waals surface area contributed by atoms with E-state index in [1.165, 1.54) is 4.90 Å². The highest BCUT2D eigenvalue weighted by molar-refractivity contribution is 6.34. The number of imide groups is 1. The Balaban J connectivity index is 1.67. The topological polar surface area (TPSA) is 46.6 Å². The van der Waals surface area contributed by atoms with Crippen LogP contribution in [-0.4, -0.2) is 17.4 Å². The predicted molar refractivity (Wildman–Crippen MR) is 111 cm³/mol. The van der Waals surface area contributed by atoms with Crippen molar-refractivity contribution in [1.82, 2.24) is 0 Å². The fraction of sp³-hybridized carbons (Fsp3) is 0.120. The average molecular weight is 381 g/mol. The third-order valence-corrected chi connectivity index (χ3v) is 5.57. The van der Waals surface area contributed by atoms with Gasteiger partial charge >= 0.3 is 0 Å². The van der Waals surface area contributed by atoms with E-state index in [1.807, 2.05) is 72.8 Å². The molecule has 1 atom stereocenters. The van der Waals surface area contributed by atoms with Gasteiger partial charge in [-0.1, -0.05) is 72.8 Å². The van der Waals surface area contributed by atoms with Crippen LogP contribution in [-0.2, 0) is 27.4 Å². The number of nitrogens with zero attached hydrogens (tertiary/aromatic N) is 1. The van der Waals surface area contributed by atoms with Crippen LogP contribution in [0.5, 0.6) is 0 Å². The Kier molecular flexibility index (Phi) is 4.14. The standard InChI is InChI=1S/C25H19NO3/c27-23-22(15-18-9-3-1-4-10-18)25(16-19-11-7-8-12-20(19)17-29-25)24(28)26(23)21-13-5-2-6-14-21/h1-15H,16-17H2/b22-15+. The first-order chi connectivity index (χ1) is 14.2. The molecule has 0 radical (unpaired) electrons. The Hall–Kier alpha value is -3.50. The molecule has 0 aromatic heterocycles. The highest BCUT2D eigenvalue weighted by Gasteiger charge is 2.58. The Labute approximate surface area is 169 Å². The minimum Gasteiger partial charge on any atom is -0.355 e. The molecule has 142 valence electrons. The number of hydrogen-bond acceptors (Lipinski definition) is 3. The molecule has 3 aromatic rings. The van der Waals surface area contributed by atoms with E-state index in [1.54, 1.807) is 18.2 Å². The summed E-state index contributed by atoms with van der Waals surface area (Å²) < 4.78 is 6.19. The van der Waals surface area contributed by atoms with Crippen molar-refractivity contribution < 1.29 is 14.3 Å². The zero-order valence-corrected chi connectivity index (χ0v) is 15.7. The molecule has 29 heavy (non-hydrogen) atoms. The minimum atomic E-state index is -1.31. The zero-order valence-electron chi connectivity index (χ0n) is 15.7. The fourth-order valence-corrected chi connectivity index (χ4v) is 4.09. The molecule has 4 nitrogen and oxygen atoms in total. The lowest BCUT2D eigenvalue weighted by Gasteiger charge is -2.33. The van der Waals surface area contributed by atoms with Crippen LogP contribution < -0.4 is 4.90 Å². The normalized spacial score (nSPS) is 22.3. The van der Waals surface area contributed by atoms with Crippen LogP contribution in [0, 0.1) is 0 Å². The maximum atomic E-state index is 13.6. The molecule has 1 fully saturated rings. The summed E-state index contributed by atoms with van der Waals surface area (Å²) in [6, 6.07) is 26.5. The van der Waals surface area contributed by atoms with Crippen LogP contribution in [0.1, 0.15) is 16.7 Å². The minimum absolute atomic E-state index is 0.296.